The van der Waals surface area contributed by atoms with Gasteiger partial charge in [-0.15, -0.1) is 0 Å². The topological polar surface area (TPSA) is 26.3 Å². The average Bonchev–Trinajstić information content (AvgIpc) is 2.48. The van der Waals surface area contributed by atoms with E-state index in [4.69, 9.17) is 4.74 Å². The zero-order chi connectivity index (χ0) is 9.69. The monoisotopic (exact) mass is 232 g/mol. The predicted octanol–water partition coefficient (Wildman–Crippen LogP) is -1.41. The molecule has 1 heterocycles. The molecule has 0 aromatic rings. The van der Waals surface area contributed by atoms with E-state index in [1.165, 1.54) is 0 Å². The molecule has 0 N–H and O–H groups in total. The van der Waals surface area contributed by atoms with Crippen LogP contribution in [0.15, 0.2) is 0 Å². The zero-order valence-electron chi connectivity index (χ0n) is 7.93. The number of carbonyl (C=O) groups is 1. The van der Waals surface area contributed by atoms with Gasteiger partial charge in [-0.1, -0.05) is 5.82 Å². The minimum atomic E-state index is -4.88. The molecule has 74 valence electrons. The van der Waals surface area contributed by atoms with E-state index < -0.39 is 18.2 Å². The Balaban J connectivity index is 0.000000980. The fourth-order valence-electron chi connectivity index (χ4n) is 2.26. The number of carbonyl (C=O) groups excluding carboxylic acids is 1. The van der Waals surface area contributed by atoms with Crippen LogP contribution in [-0.2, 0) is 9.53 Å². The third-order valence-corrected chi connectivity index (χ3v) is 3.18. The molecule has 2 unspecified atom stereocenters. The SMILES string of the molecule is O=C1CC([B-](F)(F)F)C12CCOC2.[K+]. The standard InChI is InChI=1S/C7H9BF3O2.K/c9-8(10,11)5-3-6(12)7(5)1-2-13-4-7;/h5H,1-4H2;/q-1;+1. The van der Waals surface area contributed by atoms with Gasteiger partial charge in [0.1, 0.15) is 5.78 Å². The van der Waals surface area contributed by atoms with E-state index >= 15 is 0 Å². The van der Waals surface area contributed by atoms with Crippen molar-refractivity contribution in [3.63, 3.8) is 0 Å². The van der Waals surface area contributed by atoms with Crippen molar-refractivity contribution in [3.8, 4) is 0 Å². The molecule has 2 aliphatic rings. The first kappa shape index (κ1) is 13.2. The van der Waals surface area contributed by atoms with Crippen LogP contribution in [0.4, 0.5) is 12.9 Å². The van der Waals surface area contributed by atoms with Crippen LogP contribution >= 0.6 is 0 Å². The first-order valence-corrected chi connectivity index (χ1v) is 4.28. The quantitative estimate of drug-likeness (QED) is 0.519. The minimum Gasteiger partial charge on any atom is -0.449 e. The Bertz CT molecular complexity index is 250. The van der Waals surface area contributed by atoms with Crippen LogP contribution < -0.4 is 51.4 Å². The van der Waals surface area contributed by atoms with Gasteiger partial charge in [0.25, 0.3) is 0 Å². The van der Waals surface area contributed by atoms with Gasteiger partial charge >= 0.3 is 58.4 Å². The summed E-state index contributed by atoms with van der Waals surface area (Å²) in [5, 5.41) is 0. The van der Waals surface area contributed by atoms with E-state index in [0.29, 0.717) is 0 Å². The molecule has 2 rings (SSSR count). The molecular formula is C7H9BF3KO2. The summed E-state index contributed by atoms with van der Waals surface area (Å²) in [5.41, 5.74) is -1.18. The summed E-state index contributed by atoms with van der Waals surface area (Å²) in [6.45, 7) is -4.62. The van der Waals surface area contributed by atoms with E-state index in [2.05, 4.69) is 0 Å². The Morgan fingerprint density at radius 1 is 1.43 bits per heavy atom. The van der Waals surface area contributed by atoms with Gasteiger partial charge in [-0.2, -0.15) is 0 Å². The third kappa shape index (κ3) is 1.87. The molecule has 7 heteroatoms. The summed E-state index contributed by atoms with van der Waals surface area (Å²) in [5.74, 6) is -1.67. The molecule has 1 saturated heterocycles. The summed E-state index contributed by atoms with van der Waals surface area (Å²) in [7, 11) is 0. The number of ketones is 1. The van der Waals surface area contributed by atoms with Crippen molar-refractivity contribution < 1.29 is 73.9 Å². The number of ether oxygens (including phenoxy) is 1. The number of halogens is 3. The van der Waals surface area contributed by atoms with Crippen molar-refractivity contribution >= 4 is 12.8 Å². The molecule has 2 atom stereocenters. The Kier molecular flexibility index (Phi) is 3.94. The number of hydrogen-bond acceptors (Lipinski definition) is 2. The summed E-state index contributed by atoms with van der Waals surface area (Å²) < 4.78 is 42.2. The van der Waals surface area contributed by atoms with Crippen LogP contribution in [0.25, 0.3) is 0 Å². The fraction of sp³-hybridized carbons (Fsp3) is 0.857. The van der Waals surface area contributed by atoms with E-state index in [1.807, 2.05) is 0 Å². The first-order valence-electron chi connectivity index (χ1n) is 4.28. The van der Waals surface area contributed by atoms with Crippen LogP contribution in [0, 0.1) is 5.41 Å². The van der Waals surface area contributed by atoms with Crippen LogP contribution in [0.2, 0.25) is 5.82 Å². The molecule has 14 heavy (non-hydrogen) atoms. The largest absolute Gasteiger partial charge is 1.00 e. The molecule has 1 aliphatic heterocycles. The first-order chi connectivity index (χ1) is 5.97. The van der Waals surface area contributed by atoms with Gasteiger partial charge in [-0.3, -0.25) is 4.79 Å². The predicted molar refractivity (Wildman–Crippen MR) is 40.3 cm³/mol. The Morgan fingerprint density at radius 3 is 2.43 bits per heavy atom. The van der Waals surface area contributed by atoms with Crippen molar-refractivity contribution in [2.45, 2.75) is 18.7 Å². The average molecular weight is 232 g/mol. The molecule has 0 bridgehead atoms. The van der Waals surface area contributed by atoms with Gasteiger partial charge in [-0.25, -0.2) is 0 Å². The van der Waals surface area contributed by atoms with Crippen molar-refractivity contribution in [1.82, 2.24) is 0 Å². The number of hydrogen-bond donors (Lipinski definition) is 0. The molecule has 0 radical (unpaired) electrons. The van der Waals surface area contributed by atoms with Crippen molar-refractivity contribution in [2.75, 3.05) is 13.2 Å². The smallest absolute Gasteiger partial charge is 0.449 e. The second-order valence-electron chi connectivity index (χ2n) is 3.82. The molecule has 1 spiro atoms. The minimum absolute atomic E-state index is 0. The maximum Gasteiger partial charge on any atom is 1.00 e. The normalized spacial score (nSPS) is 36.8. The van der Waals surface area contributed by atoms with Crippen LogP contribution in [-0.4, -0.2) is 26.0 Å². The zero-order valence-corrected chi connectivity index (χ0v) is 11.1. The second kappa shape index (κ2) is 4.18. The fourth-order valence-corrected chi connectivity index (χ4v) is 2.26. The summed E-state index contributed by atoms with van der Waals surface area (Å²) >= 11 is 0. The second-order valence-corrected chi connectivity index (χ2v) is 3.82. The summed E-state index contributed by atoms with van der Waals surface area (Å²) in [6, 6.07) is 0. The van der Waals surface area contributed by atoms with Crippen molar-refractivity contribution in [2.24, 2.45) is 5.41 Å². The van der Waals surface area contributed by atoms with Crippen molar-refractivity contribution in [1.29, 1.82) is 0 Å². The Hall–Kier alpha value is 1.12. The Labute approximate surface area is 122 Å². The molecule has 0 aromatic heterocycles. The molecule has 2 nitrogen and oxygen atoms in total. The molecular weight excluding hydrogens is 223 g/mol. The molecule has 0 aromatic carbocycles. The van der Waals surface area contributed by atoms with E-state index in [1.54, 1.807) is 0 Å². The summed E-state index contributed by atoms with van der Waals surface area (Å²) in [4.78, 5) is 11.1. The van der Waals surface area contributed by atoms with Gasteiger partial charge in [0, 0.05) is 12.0 Å². The van der Waals surface area contributed by atoms with Crippen molar-refractivity contribution in [3.05, 3.63) is 0 Å². The molecule has 0 amide bonds. The molecule has 2 fully saturated rings. The van der Waals surface area contributed by atoms with E-state index in [0.717, 1.165) is 0 Å². The van der Waals surface area contributed by atoms with E-state index in [9.17, 15) is 17.7 Å². The van der Waals surface area contributed by atoms with E-state index in [-0.39, 0.29) is 83.2 Å². The molecule has 1 saturated carbocycles. The van der Waals surface area contributed by atoms with Gasteiger partial charge < -0.3 is 17.7 Å². The van der Waals surface area contributed by atoms with Gasteiger partial charge in [0.15, 0.2) is 0 Å². The van der Waals surface area contributed by atoms with Crippen LogP contribution in [0.3, 0.4) is 0 Å². The van der Waals surface area contributed by atoms with Gasteiger partial charge in [-0.05, 0) is 12.8 Å². The third-order valence-electron chi connectivity index (χ3n) is 3.18. The van der Waals surface area contributed by atoms with Crippen LogP contribution in [0.1, 0.15) is 12.8 Å². The van der Waals surface area contributed by atoms with Gasteiger partial charge in [0.05, 0.1) is 6.61 Å². The number of Topliss-reactive ketones (excluding diaryl/α,β-unsaturated/α-hetero) is 1. The number of rotatable bonds is 1. The Morgan fingerprint density at radius 2 is 2.07 bits per heavy atom. The maximum atomic E-state index is 12.4. The summed E-state index contributed by atoms with van der Waals surface area (Å²) in [6.07, 6.45) is -0.0788. The van der Waals surface area contributed by atoms with Crippen LogP contribution in [0.5, 0.6) is 0 Å². The molecule has 1 aliphatic carbocycles. The maximum absolute atomic E-state index is 12.4. The van der Waals surface area contributed by atoms with Gasteiger partial charge in [0.2, 0.25) is 0 Å².